The molecule has 0 saturated carbocycles. The molecule has 9 heteroatoms. The molecule has 0 amide bonds. The van der Waals surface area contributed by atoms with Crippen LogP contribution in [0, 0.1) is 18.6 Å². The summed E-state index contributed by atoms with van der Waals surface area (Å²) in [4.78, 5) is 21.3. The molecule has 1 N–H and O–H groups in total. The van der Waals surface area contributed by atoms with Gasteiger partial charge in [0.05, 0.1) is 12.2 Å². The van der Waals surface area contributed by atoms with Gasteiger partial charge in [0.2, 0.25) is 5.95 Å². The second kappa shape index (κ2) is 8.94. The van der Waals surface area contributed by atoms with Crippen molar-refractivity contribution in [3.8, 4) is 0 Å². The third kappa shape index (κ3) is 4.29. The number of imidazole rings is 1. The number of aryl methyl sites for hydroxylation is 2. The van der Waals surface area contributed by atoms with Crippen molar-refractivity contribution < 1.29 is 8.78 Å². The zero-order valence-electron chi connectivity index (χ0n) is 17.0. The van der Waals surface area contributed by atoms with Crippen molar-refractivity contribution in [3.05, 3.63) is 46.0 Å². The normalized spacial score (nSPS) is 16.0. The molecule has 0 bridgehead atoms. The topological polar surface area (TPSA) is 64.7 Å². The molecule has 2 aromatic heterocycles. The number of fused-ring (bicyclic) bond motifs is 1. The van der Waals surface area contributed by atoms with Crippen LogP contribution >= 0.6 is 11.8 Å². The Kier molecular flexibility index (Phi) is 6.56. The summed E-state index contributed by atoms with van der Waals surface area (Å²) < 4.78 is 30.1. The number of benzene rings is 1. The van der Waals surface area contributed by atoms with E-state index in [0.29, 0.717) is 22.4 Å². The molecule has 4 rings (SSSR count). The molecule has 3 heterocycles. The Morgan fingerprint density at radius 2 is 1.97 bits per heavy atom. The molecule has 1 saturated heterocycles. The van der Waals surface area contributed by atoms with Crippen molar-refractivity contribution >= 4 is 34.6 Å². The molecule has 1 fully saturated rings. The number of thioether (sulfide) groups is 1. The fourth-order valence-electron chi connectivity index (χ4n) is 3.15. The van der Waals surface area contributed by atoms with Crippen LogP contribution in [0.4, 0.5) is 20.4 Å². The molecule has 29 heavy (non-hydrogen) atoms. The molecule has 1 aliphatic heterocycles. The summed E-state index contributed by atoms with van der Waals surface area (Å²) in [6.45, 7) is 5.91. The molecular formula is C20H25F2N5OS. The van der Waals surface area contributed by atoms with E-state index in [-0.39, 0.29) is 17.7 Å². The third-order valence-corrected chi connectivity index (χ3v) is 5.76. The highest BCUT2D eigenvalue weighted by Crippen LogP contribution is 2.29. The van der Waals surface area contributed by atoms with E-state index in [9.17, 15) is 13.6 Å². The van der Waals surface area contributed by atoms with E-state index in [0.717, 1.165) is 30.1 Å². The van der Waals surface area contributed by atoms with Crippen LogP contribution in [0.25, 0.3) is 11.2 Å². The van der Waals surface area contributed by atoms with E-state index in [4.69, 9.17) is 0 Å². The van der Waals surface area contributed by atoms with Gasteiger partial charge in [-0.25, -0.2) is 18.6 Å². The Morgan fingerprint density at radius 3 is 2.62 bits per heavy atom. The van der Waals surface area contributed by atoms with Crippen molar-refractivity contribution in [1.29, 1.82) is 0 Å². The molecule has 1 unspecified atom stereocenters. The number of nitrogens with zero attached hydrogens (tertiary/aromatic N) is 4. The van der Waals surface area contributed by atoms with E-state index in [1.165, 1.54) is 11.0 Å². The quantitative estimate of drug-likeness (QED) is 0.672. The average molecular weight is 422 g/mol. The van der Waals surface area contributed by atoms with Crippen molar-refractivity contribution in [3.63, 3.8) is 0 Å². The molecule has 0 radical (unpaired) electrons. The second-order valence-electron chi connectivity index (χ2n) is 7.04. The lowest BCUT2D eigenvalue weighted by Crippen LogP contribution is -2.26. The number of hydrogen-bond donors (Lipinski definition) is 1. The van der Waals surface area contributed by atoms with E-state index in [1.807, 2.05) is 11.8 Å². The van der Waals surface area contributed by atoms with Crippen LogP contribution in [0.1, 0.15) is 38.3 Å². The number of anilines is 2. The van der Waals surface area contributed by atoms with Gasteiger partial charge in [0.15, 0.2) is 17.3 Å². The Balaban J connectivity index is 0.000000755. The van der Waals surface area contributed by atoms with E-state index in [2.05, 4.69) is 29.1 Å². The maximum absolute atomic E-state index is 13.5. The van der Waals surface area contributed by atoms with Crippen LogP contribution in [0.3, 0.4) is 0 Å². The van der Waals surface area contributed by atoms with Crippen LogP contribution in [0.5, 0.6) is 0 Å². The first kappa shape index (κ1) is 21.3. The van der Waals surface area contributed by atoms with Crippen LogP contribution in [0.2, 0.25) is 0 Å². The molecular weight excluding hydrogens is 396 g/mol. The van der Waals surface area contributed by atoms with Gasteiger partial charge in [-0.3, -0.25) is 9.13 Å². The van der Waals surface area contributed by atoms with Gasteiger partial charge in [-0.05, 0) is 30.7 Å². The van der Waals surface area contributed by atoms with Crippen LogP contribution in [-0.2, 0) is 7.05 Å². The van der Waals surface area contributed by atoms with Gasteiger partial charge >= 0.3 is 5.69 Å². The summed E-state index contributed by atoms with van der Waals surface area (Å²) in [5.74, 6) is 0.265. The highest BCUT2D eigenvalue weighted by molar-refractivity contribution is 7.99. The highest BCUT2D eigenvalue weighted by Gasteiger charge is 2.24. The minimum atomic E-state index is -0.946. The SMILES string of the molecule is CCC.Cc1cc(F)c(F)cc1Nc1ncc2c(n1)n(C1CCSC1)c(=O)n2C. The number of nitrogens with one attached hydrogen (secondary N) is 1. The molecule has 6 nitrogen and oxygen atoms in total. The Morgan fingerprint density at radius 1 is 1.28 bits per heavy atom. The van der Waals surface area contributed by atoms with Gasteiger partial charge in [-0.1, -0.05) is 20.3 Å². The van der Waals surface area contributed by atoms with Crippen molar-refractivity contribution in [2.24, 2.45) is 7.05 Å². The molecule has 1 atom stereocenters. The molecule has 0 spiro atoms. The summed E-state index contributed by atoms with van der Waals surface area (Å²) in [5.41, 5.74) is 1.97. The first-order valence-electron chi connectivity index (χ1n) is 9.61. The van der Waals surface area contributed by atoms with E-state index in [1.54, 1.807) is 24.7 Å². The molecule has 3 aromatic rings. The summed E-state index contributed by atoms with van der Waals surface area (Å²) in [5, 5.41) is 2.92. The minimum absolute atomic E-state index is 0.101. The zero-order valence-corrected chi connectivity index (χ0v) is 17.8. The smallest absolute Gasteiger partial charge is 0.324 e. The number of hydrogen-bond acceptors (Lipinski definition) is 5. The Labute approximate surface area is 172 Å². The Bertz CT molecular complexity index is 1070. The van der Waals surface area contributed by atoms with Crippen LogP contribution in [0.15, 0.2) is 23.1 Å². The lowest BCUT2D eigenvalue weighted by atomic mass is 10.2. The second-order valence-corrected chi connectivity index (χ2v) is 8.19. The summed E-state index contributed by atoms with van der Waals surface area (Å²) in [6, 6.07) is 2.29. The highest BCUT2D eigenvalue weighted by atomic mass is 32.2. The van der Waals surface area contributed by atoms with Gasteiger partial charge in [0, 0.05) is 24.6 Å². The third-order valence-electron chi connectivity index (χ3n) is 4.62. The molecule has 1 aliphatic rings. The van der Waals surface area contributed by atoms with Gasteiger partial charge in [-0.2, -0.15) is 16.7 Å². The van der Waals surface area contributed by atoms with Crippen molar-refractivity contribution in [1.82, 2.24) is 19.1 Å². The van der Waals surface area contributed by atoms with Gasteiger partial charge in [-0.15, -0.1) is 0 Å². The molecule has 1 aromatic carbocycles. The number of rotatable bonds is 3. The number of aromatic nitrogens is 4. The predicted octanol–water partition coefficient (Wildman–Crippen LogP) is 4.55. The maximum Gasteiger partial charge on any atom is 0.330 e. The maximum atomic E-state index is 13.5. The van der Waals surface area contributed by atoms with Crippen LogP contribution in [-0.4, -0.2) is 30.6 Å². The monoisotopic (exact) mass is 421 g/mol. The van der Waals surface area contributed by atoms with Gasteiger partial charge in [0.1, 0.15) is 5.52 Å². The van der Waals surface area contributed by atoms with Gasteiger partial charge in [0.25, 0.3) is 0 Å². The fraction of sp³-hybridized carbons (Fsp3) is 0.450. The van der Waals surface area contributed by atoms with Gasteiger partial charge < -0.3 is 5.32 Å². The largest absolute Gasteiger partial charge is 0.330 e. The zero-order chi connectivity index (χ0) is 21.1. The fourth-order valence-corrected chi connectivity index (χ4v) is 4.35. The minimum Gasteiger partial charge on any atom is -0.324 e. The predicted molar refractivity (Wildman–Crippen MR) is 114 cm³/mol. The lowest BCUT2D eigenvalue weighted by molar-refractivity contribution is 0.508. The van der Waals surface area contributed by atoms with Crippen LogP contribution < -0.4 is 11.0 Å². The summed E-state index contributed by atoms with van der Waals surface area (Å²) in [6.07, 6.45) is 3.73. The molecule has 0 aliphatic carbocycles. The van der Waals surface area contributed by atoms with Crippen molar-refractivity contribution in [2.45, 2.75) is 39.7 Å². The van der Waals surface area contributed by atoms with E-state index < -0.39 is 11.6 Å². The number of halogens is 2. The standard InChI is InChI=1S/C17H17F2N5OS.C3H8/c1-9-5-11(18)12(19)6-13(9)21-16-20-7-14-15(22-16)24(17(25)23(14)2)10-3-4-26-8-10;1-3-2/h5-7,10H,3-4,8H2,1-2H3,(H,20,21,22);3H2,1-2H3. The first-order valence-corrected chi connectivity index (χ1v) is 10.8. The Hall–Kier alpha value is -2.42. The van der Waals surface area contributed by atoms with Crippen molar-refractivity contribution in [2.75, 3.05) is 16.8 Å². The summed E-state index contributed by atoms with van der Waals surface area (Å²) >= 11 is 1.81. The van der Waals surface area contributed by atoms with E-state index >= 15 is 0 Å². The average Bonchev–Trinajstić information content (AvgIpc) is 3.28. The first-order chi connectivity index (χ1) is 13.9. The summed E-state index contributed by atoms with van der Waals surface area (Å²) in [7, 11) is 1.69. The lowest BCUT2D eigenvalue weighted by Gasteiger charge is -2.11. The molecule has 156 valence electrons.